The number of carbonyl (C=O) groups is 1. The fraction of sp³-hybridized carbons (Fsp3) is 0.455. The second-order valence-corrected chi connectivity index (χ2v) is 6.25. The average molecular weight is 295 g/mol. The molecule has 0 bridgehead atoms. The summed E-state index contributed by atoms with van der Waals surface area (Å²) in [5.74, 6) is 0.526. The van der Waals surface area contributed by atoms with Gasteiger partial charge in [0.25, 0.3) is 0 Å². The molecule has 1 aliphatic rings. The summed E-state index contributed by atoms with van der Waals surface area (Å²) in [6.45, 7) is 1.54. The summed E-state index contributed by atoms with van der Waals surface area (Å²) in [5, 5.41) is 13.9. The molecule has 1 aliphatic heterocycles. The van der Waals surface area contributed by atoms with E-state index >= 15 is 0 Å². The van der Waals surface area contributed by atoms with E-state index in [-0.39, 0.29) is 5.91 Å². The molecule has 8 heteroatoms. The Balaban J connectivity index is 1.58. The molecule has 2 aromatic heterocycles. The molecule has 0 fully saturated rings. The van der Waals surface area contributed by atoms with Gasteiger partial charge in [0.15, 0.2) is 0 Å². The average Bonchev–Trinajstić information content (AvgIpc) is 3.03. The number of hydrogen-bond acceptors (Lipinski definition) is 6. The Bertz CT molecular complexity index is 593. The summed E-state index contributed by atoms with van der Waals surface area (Å²) in [7, 11) is 1.77. The van der Waals surface area contributed by atoms with Crippen LogP contribution in [-0.4, -0.2) is 43.3 Å². The van der Waals surface area contributed by atoms with Crippen molar-refractivity contribution in [3.05, 3.63) is 21.9 Å². The molecule has 6 nitrogen and oxygen atoms in total. The molecule has 0 N–H and O–H groups in total. The van der Waals surface area contributed by atoms with Gasteiger partial charge in [-0.1, -0.05) is 11.8 Å². The van der Waals surface area contributed by atoms with Gasteiger partial charge in [-0.2, -0.15) is 0 Å². The third kappa shape index (κ3) is 2.64. The first-order valence-corrected chi connectivity index (χ1v) is 7.79. The van der Waals surface area contributed by atoms with E-state index in [0.29, 0.717) is 10.9 Å². The number of thiophene rings is 1. The Hall–Kier alpha value is -1.41. The Morgan fingerprint density at radius 1 is 1.58 bits per heavy atom. The van der Waals surface area contributed by atoms with Gasteiger partial charge in [0.2, 0.25) is 11.1 Å². The minimum Gasteiger partial charge on any atom is -0.337 e. The fourth-order valence-electron chi connectivity index (χ4n) is 2.02. The van der Waals surface area contributed by atoms with Crippen LogP contribution < -0.4 is 0 Å². The zero-order valence-electron chi connectivity index (χ0n) is 10.4. The fourth-order valence-corrected chi connectivity index (χ4v) is 3.66. The van der Waals surface area contributed by atoms with Gasteiger partial charge in [-0.25, -0.2) is 4.68 Å². The molecule has 0 radical (unpaired) electrons. The molecule has 0 unspecified atom stereocenters. The number of amides is 1. The van der Waals surface area contributed by atoms with E-state index < -0.39 is 0 Å². The van der Waals surface area contributed by atoms with Crippen LogP contribution in [0.5, 0.6) is 0 Å². The summed E-state index contributed by atoms with van der Waals surface area (Å²) in [6.07, 6.45) is 0.967. The standard InChI is InChI=1S/C11H13N5OS2/c1-15-11(12-13-14-15)19-7-10(17)16-4-2-9-8(6-16)3-5-18-9/h3,5H,2,4,6-7H2,1H3. The van der Waals surface area contributed by atoms with Gasteiger partial charge in [-0.3, -0.25) is 4.79 Å². The number of hydrogen-bond donors (Lipinski definition) is 0. The van der Waals surface area contributed by atoms with E-state index in [9.17, 15) is 4.79 Å². The monoisotopic (exact) mass is 295 g/mol. The number of thioether (sulfide) groups is 1. The maximum Gasteiger partial charge on any atom is 0.233 e. The normalized spacial score (nSPS) is 14.5. The van der Waals surface area contributed by atoms with Crippen LogP contribution in [0.2, 0.25) is 0 Å². The number of fused-ring (bicyclic) bond motifs is 1. The highest BCUT2D eigenvalue weighted by molar-refractivity contribution is 7.99. The lowest BCUT2D eigenvalue weighted by atomic mass is 10.1. The summed E-state index contributed by atoms with van der Waals surface area (Å²) in [4.78, 5) is 15.5. The van der Waals surface area contributed by atoms with Crippen LogP contribution in [0.25, 0.3) is 0 Å². The van der Waals surface area contributed by atoms with Gasteiger partial charge in [-0.05, 0) is 33.9 Å². The number of aryl methyl sites for hydroxylation is 1. The van der Waals surface area contributed by atoms with E-state index in [1.54, 1.807) is 23.1 Å². The van der Waals surface area contributed by atoms with Crippen LogP contribution in [-0.2, 0) is 24.8 Å². The molecule has 0 spiro atoms. The summed E-state index contributed by atoms with van der Waals surface area (Å²) in [5.41, 5.74) is 1.29. The van der Waals surface area contributed by atoms with Gasteiger partial charge in [0, 0.05) is 25.0 Å². The maximum absolute atomic E-state index is 12.2. The number of tetrazole rings is 1. The van der Waals surface area contributed by atoms with Crippen LogP contribution >= 0.6 is 23.1 Å². The van der Waals surface area contributed by atoms with Crippen molar-refractivity contribution in [1.29, 1.82) is 0 Å². The predicted octanol–water partition coefficient (Wildman–Crippen LogP) is 0.949. The lowest BCUT2D eigenvalue weighted by molar-refractivity contribution is -0.129. The lowest BCUT2D eigenvalue weighted by Gasteiger charge is -2.26. The van der Waals surface area contributed by atoms with Crippen LogP contribution in [0, 0.1) is 0 Å². The van der Waals surface area contributed by atoms with E-state index in [1.807, 2.05) is 4.90 Å². The molecule has 100 valence electrons. The molecule has 0 aliphatic carbocycles. The van der Waals surface area contributed by atoms with Gasteiger partial charge < -0.3 is 4.90 Å². The third-order valence-corrected chi connectivity index (χ3v) is 5.08. The molecule has 1 amide bonds. The molecular formula is C11H13N5OS2. The van der Waals surface area contributed by atoms with Crippen molar-refractivity contribution < 1.29 is 4.79 Å². The molecule has 3 heterocycles. The Morgan fingerprint density at radius 3 is 3.26 bits per heavy atom. The van der Waals surface area contributed by atoms with Crippen LogP contribution in [0.3, 0.4) is 0 Å². The van der Waals surface area contributed by atoms with Crippen molar-refractivity contribution in [3.63, 3.8) is 0 Å². The molecule has 0 saturated heterocycles. The molecule has 3 rings (SSSR count). The second kappa shape index (κ2) is 5.30. The Kier molecular flexibility index (Phi) is 3.52. The Labute approximate surface area is 118 Å². The molecule has 19 heavy (non-hydrogen) atoms. The van der Waals surface area contributed by atoms with Crippen molar-refractivity contribution in [2.75, 3.05) is 12.3 Å². The third-order valence-electron chi connectivity index (χ3n) is 3.07. The largest absolute Gasteiger partial charge is 0.337 e. The van der Waals surface area contributed by atoms with E-state index in [2.05, 4.69) is 27.0 Å². The number of rotatable bonds is 3. The zero-order valence-corrected chi connectivity index (χ0v) is 12.1. The lowest BCUT2D eigenvalue weighted by Crippen LogP contribution is -2.36. The minimum absolute atomic E-state index is 0.143. The molecule has 0 saturated carbocycles. The molecule has 0 aromatic carbocycles. The smallest absolute Gasteiger partial charge is 0.233 e. The molecule has 2 aromatic rings. The molecule has 0 atom stereocenters. The van der Waals surface area contributed by atoms with Crippen molar-refractivity contribution in [2.24, 2.45) is 7.05 Å². The van der Waals surface area contributed by atoms with E-state index in [1.165, 1.54) is 22.2 Å². The van der Waals surface area contributed by atoms with Crippen LogP contribution in [0.4, 0.5) is 0 Å². The first-order valence-electron chi connectivity index (χ1n) is 5.92. The quantitative estimate of drug-likeness (QED) is 0.789. The summed E-state index contributed by atoms with van der Waals surface area (Å²) in [6, 6.07) is 2.11. The summed E-state index contributed by atoms with van der Waals surface area (Å²) >= 11 is 3.16. The highest BCUT2D eigenvalue weighted by atomic mass is 32.2. The zero-order chi connectivity index (χ0) is 13.2. The van der Waals surface area contributed by atoms with Crippen molar-refractivity contribution in [2.45, 2.75) is 18.1 Å². The molecular weight excluding hydrogens is 282 g/mol. The van der Waals surface area contributed by atoms with Crippen molar-refractivity contribution in [1.82, 2.24) is 25.1 Å². The van der Waals surface area contributed by atoms with Crippen molar-refractivity contribution >= 4 is 29.0 Å². The first kappa shape index (κ1) is 12.6. The highest BCUT2D eigenvalue weighted by Gasteiger charge is 2.21. The Morgan fingerprint density at radius 2 is 2.47 bits per heavy atom. The number of carbonyl (C=O) groups excluding carboxylic acids is 1. The van der Waals surface area contributed by atoms with E-state index in [0.717, 1.165) is 19.5 Å². The topological polar surface area (TPSA) is 63.9 Å². The van der Waals surface area contributed by atoms with Gasteiger partial charge in [0.05, 0.1) is 5.75 Å². The highest BCUT2D eigenvalue weighted by Crippen LogP contribution is 2.24. The minimum atomic E-state index is 0.143. The summed E-state index contributed by atoms with van der Waals surface area (Å²) < 4.78 is 1.57. The SMILES string of the molecule is Cn1nnnc1SCC(=O)N1CCc2sccc2C1. The first-order chi connectivity index (χ1) is 9.24. The second-order valence-electron chi connectivity index (χ2n) is 4.31. The van der Waals surface area contributed by atoms with Gasteiger partial charge in [-0.15, -0.1) is 16.4 Å². The van der Waals surface area contributed by atoms with E-state index in [4.69, 9.17) is 0 Å². The van der Waals surface area contributed by atoms with Gasteiger partial charge in [0.1, 0.15) is 0 Å². The van der Waals surface area contributed by atoms with Gasteiger partial charge >= 0.3 is 0 Å². The predicted molar refractivity (Wildman–Crippen MR) is 73.0 cm³/mol. The number of aromatic nitrogens is 4. The van der Waals surface area contributed by atoms with Crippen LogP contribution in [0.15, 0.2) is 16.6 Å². The van der Waals surface area contributed by atoms with Crippen LogP contribution in [0.1, 0.15) is 10.4 Å². The van der Waals surface area contributed by atoms with Crippen molar-refractivity contribution in [3.8, 4) is 0 Å². The maximum atomic E-state index is 12.2. The number of nitrogens with zero attached hydrogens (tertiary/aromatic N) is 5.